The van der Waals surface area contributed by atoms with Crippen molar-refractivity contribution >= 4 is 122 Å². The van der Waals surface area contributed by atoms with Crippen molar-refractivity contribution in [2.45, 2.75) is 119 Å². The van der Waals surface area contributed by atoms with Gasteiger partial charge in [-0.2, -0.15) is 10.5 Å². The number of ether oxygens (including phenoxy) is 5. The second kappa shape index (κ2) is 31.5. The van der Waals surface area contributed by atoms with Crippen LogP contribution in [0.3, 0.4) is 0 Å². The lowest BCUT2D eigenvalue weighted by molar-refractivity contribution is 0.304. The van der Waals surface area contributed by atoms with E-state index < -0.39 is 8.88 Å². The largest absolute Gasteiger partial charge is 0.497 e. The lowest BCUT2D eigenvalue weighted by Crippen LogP contribution is -2.35. The average Bonchev–Trinajstić information content (AvgIpc) is 0.736. The van der Waals surface area contributed by atoms with E-state index in [0.717, 1.165) is 110 Å². The maximum absolute atomic E-state index is 11.7. The smallest absolute Gasteiger partial charge is 0.336 e. The number of allylic oxidation sites excluding steroid dienone is 14. The minimum Gasteiger partial charge on any atom is -0.497 e. The molecule has 1 saturated heterocycles. The Labute approximate surface area is 630 Å². The number of rotatable bonds is 5. The van der Waals surface area contributed by atoms with Crippen molar-refractivity contribution in [3.8, 4) is 35.5 Å². The Hall–Kier alpha value is -8.78. The molecule has 0 unspecified atom stereocenters. The summed E-state index contributed by atoms with van der Waals surface area (Å²) in [5, 5.41) is 31.9. The van der Waals surface area contributed by atoms with Crippen molar-refractivity contribution in [2.75, 3.05) is 68.2 Å². The molecule has 5 aromatic carbocycles. The second-order valence-electron chi connectivity index (χ2n) is 26.9. The van der Waals surface area contributed by atoms with Crippen LogP contribution in [-0.4, -0.2) is 53.5 Å². The molecule has 0 spiro atoms. The van der Waals surface area contributed by atoms with Gasteiger partial charge in [0, 0.05) is 118 Å². The van der Waals surface area contributed by atoms with Crippen LogP contribution in [0.1, 0.15) is 116 Å². The van der Waals surface area contributed by atoms with Crippen molar-refractivity contribution in [3.05, 3.63) is 243 Å². The van der Waals surface area contributed by atoms with E-state index in [1.807, 2.05) is 89.6 Å². The highest BCUT2D eigenvalue weighted by Gasteiger charge is 2.46. The van der Waals surface area contributed by atoms with E-state index in [1.165, 1.54) is 128 Å². The molecule has 1 fully saturated rings. The van der Waals surface area contributed by atoms with E-state index in [0.29, 0.717) is 44.6 Å². The van der Waals surface area contributed by atoms with Crippen molar-refractivity contribution < 1.29 is 32.5 Å². The van der Waals surface area contributed by atoms with Gasteiger partial charge in [-0.1, -0.05) is 45.6 Å². The van der Waals surface area contributed by atoms with Crippen LogP contribution < -0.4 is 45.1 Å². The molecule has 2 aromatic heterocycles. The van der Waals surface area contributed by atoms with Crippen LogP contribution in [0.15, 0.2) is 180 Å². The van der Waals surface area contributed by atoms with Crippen molar-refractivity contribution in [3.63, 3.8) is 0 Å². The van der Waals surface area contributed by atoms with Gasteiger partial charge in [0.05, 0.1) is 47.3 Å². The molecule has 0 radical (unpaired) electrons. The maximum Gasteiger partial charge on any atom is 0.336 e. The number of nitriles is 3. The van der Waals surface area contributed by atoms with Gasteiger partial charge in [0.2, 0.25) is 0 Å². The SMILES string of the molecule is CC1=CC(=C(C#N)C#N)C=C(/C=C2\C=C(C)c3cc4c5c(c3O2)CCCN5CCC4)O1.COc1ccc(P2(=S)SP(=S)(c3ccc(OC)cc3)S2)cc1.Cc1cc(=O)oc2c3c4c(cc12)CCCN4CCC3.Cc1cc(=S)oc2c3c4c(cc12)CCCN4CCC3.[C-]#[N+]C(C#N)=C1C=C(C)OC(C)=C1. The zero-order chi connectivity index (χ0) is 73.1. The number of hydrogen-bond donors (Lipinski definition) is 0. The quantitative estimate of drug-likeness (QED) is 0.0522. The lowest BCUT2D eigenvalue weighted by Gasteiger charge is -2.40. The molecule has 12 heterocycles. The van der Waals surface area contributed by atoms with Gasteiger partial charge in [-0.3, -0.25) is 0 Å². The summed E-state index contributed by atoms with van der Waals surface area (Å²) in [5.41, 5.74) is 20.2. The fourth-order valence-electron chi connectivity index (χ4n) is 15.3. The van der Waals surface area contributed by atoms with E-state index in [2.05, 4.69) is 75.9 Å². The highest BCUT2D eigenvalue weighted by molar-refractivity contribution is 9.48. The predicted octanol–water partition coefficient (Wildman–Crippen LogP) is 19.5. The number of fused-ring (bicyclic) bond motifs is 6. The molecule has 104 heavy (non-hydrogen) atoms. The fourth-order valence-corrected chi connectivity index (χ4v) is 57.8. The van der Waals surface area contributed by atoms with Gasteiger partial charge in [0.1, 0.15) is 63.4 Å². The topological polar surface area (TPSA) is 175 Å². The normalized spacial score (nSPS) is 20.0. The number of benzene rings is 5. The van der Waals surface area contributed by atoms with Gasteiger partial charge in [0.15, 0.2) is 4.71 Å². The van der Waals surface area contributed by atoms with Gasteiger partial charge < -0.3 is 47.2 Å². The van der Waals surface area contributed by atoms with Gasteiger partial charge in [-0.15, -0.1) is 0 Å². The van der Waals surface area contributed by atoms with E-state index in [1.54, 1.807) is 65.4 Å². The Kier molecular flexibility index (Phi) is 22.3. The molecule has 0 bridgehead atoms. The Morgan fingerprint density at radius 3 is 1.50 bits per heavy atom. The van der Waals surface area contributed by atoms with Crippen LogP contribution in [0.4, 0.5) is 17.1 Å². The van der Waals surface area contributed by atoms with E-state index >= 15 is 0 Å². The molecule has 7 aromatic rings. The Morgan fingerprint density at radius 2 is 1.01 bits per heavy atom. The minimum absolute atomic E-state index is 0.0660. The number of nitrogens with zero attached hydrogens (tertiary/aromatic N) is 7. The molecule has 15 nitrogen and oxygen atoms in total. The first kappa shape index (κ1) is 73.5. The summed E-state index contributed by atoms with van der Waals surface area (Å²) in [5.74, 6) is 5.96. The van der Waals surface area contributed by atoms with Gasteiger partial charge in [0.25, 0.3) is 5.70 Å². The molecular weight excluding hydrogens is 1430 g/mol. The predicted molar refractivity (Wildman–Crippen MR) is 432 cm³/mol. The zero-order valence-corrected chi connectivity index (χ0v) is 65.4. The lowest BCUT2D eigenvalue weighted by atomic mass is 9.86. The minimum atomic E-state index is -1.66. The molecule has 22 heteroatoms. The fraction of sp³-hybridized carbons (Fsp3) is 0.317. The molecule has 530 valence electrons. The Bertz CT molecular complexity index is 5120. The number of anilines is 3. The maximum atomic E-state index is 11.7. The first-order valence-electron chi connectivity index (χ1n) is 35.0. The molecule has 10 aliphatic rings. The average molecular weight is 1510 g/mol. The van der Waals surface area contributed by atoms with Crippen LogP contribution in [-0.2, 0) is 71.6 Å². The summed E-state index contributed by atoms with van der Waals surface area (Å²) in [4.78, 5) is 22.3. The van der Waals surface area contributed by atoms with Crippen molar-refractivity contribution in [1.82, 2.24) is 0 Å². The second-order valence-corrected chi connectivity index (χ2v) is 48.6. The monoisotopic (exact) mass is 1510 g/mol. The summed E-state index contributed by atoms with van der Waals surface area (Å²) in [6.45, 7) is 25.3. The third kappa shape index (κ3) is 15.4. The molecule has 0 amide bonds. The van der Waals surface area contributed by atoms with Gasteiger partial charge in [-0.05, 0) is 273 Å². The molecule has 10 aliphatic heterocycles. The van der Waals surface area contributed by atoms with Crippen LogP contribution in [0.5, 0.6) is 17.2 Å². The van der Waals surface area contributed by atoms with Crippen LogP contribution in [0.25, 0.3) is 32.4 Å². The van der Waals surface area contributed by atoms with E-state index in [-0.39, 0.29) is 16.9 Å². The van der Waals surface area contributed by atoms with Crippen molar-refractivity contribution in [2.24, 2.45) is 0 Å². The third-order valence-corrected chi connectivity index (χ3v) is 51.3. The number of hydrogen-bond acceptors (Lipinski definition) is 19. The molecule has 0 N–H and O–H groups in total. The third-order valence-electron chi connectivity index (χ3n) is 19.8. The van der Waals surface area contributed by atoms with Crippen LogP contribution in [0, 0.1) is 59.1 Å². The molecule has 0 saturated carbocycles. The molecule has 17 rings (SSSR count). The van der Waals surface area contributed by atoms with Crippen molar-refractivity contribution in [1.29, 1.82) is 15.8 Å². The van der Waals surface area contributed by atoms with Crippen LogP contribution in [0.2, 0.25) is 0 Å². The standard InChI is InChI=1S/C26H23N3O2.C16H17NO2.C16H17NOS.C14H14O2P2S4.C10H8N2O/c1-16-9-21(13-22-11-19(10-17(2)30-22)20(14-27)15-28)31-26-23-6-4-8-29-7-3-5-18(25(23)29)12-24(16)26;1-10-8-14(18)19-16-12-5-3-7-17-6-2-4-11(15(12)17)9-13(10)16;1-10-8-14(19)18-16-12-5-3-7-17-6-2-4-11(15(12)17)9-13(10)16;1-15-11-3-7-13(8-4-11)17(19)21-18(20,22-17)14-9-5-12(16-2)6-10-14;1-7-4-9(5-8(2)13-7)10(6-11)12-3/h9-13H,3-8H2,1-2H3;2*8-9H,2-7H2,1H3;3-10H,1-2H3;4-5H,1-2H3/b21-13+;;;;. The molecular formula is C82H79N7O8P2S5. The zero-order valence-electron chi connectivity index (χ0n) is 59.5. The summed E-state index contributed by atoms with van der Waals surface area (Å²) < 4.78 is 36.6. The number of methoxy groups -OCH3 is 2. The molecule has 0 atom stereocenters. The Balaban J connectivity index is 0.000000119. The first-order valence-corrected chi connectivity index (χ1v) is 45.1. The Morgan fingerprint density at radius 1 is 0.558 bits per heavy atom. The summed E-state index contributed by atoms with van der Waals surface area (Å²) in [7, 11) is 3.34. The van der Waals surface area contributed by atoms with Gasteiger partial charge in [-0.25, -0.2) is 14.9 Å². The van der Waals surface area contributed by atoms with Gasteiger partial charge >= 0.3 is 5.63 Å². The summed E-state index contributed by atoms with van der Waals surface area (Å²) >= 11 is 20.8. The highest BCUT2D eigenvalue weighted by atomic mass is 33.7. The highest BCUT2D eigenvalue weighted by Crippen LogP contribution is 3.04. The molecule has 0 aliphatic carbocycles. The van der Waals surface area contributed by atoms with Crippen LogP contribution >= 0.6 is 43.1 Å². The number of aryl methyl sites for hydroxylation is 7. The summed E-state index contributed by atoms with van der Waals surface area (Å²) in [6, 6.07) is 32.4. The first-order chi connectivity index (χ1) is 50.2. The van der Waals surface area contributed by atoms with E-state index in [9.17, 15) is 15.3 Å². The van der Waals surface area contributed by atoms with E-state index in [4.69, 9.17) is 80.2 Å². The summed E-state index contributed by atoms with van der Waals surface area (Å²) in [6.07, 6.45) is 24.5.